The number of amides is 1. The minimum Gasteiger partial charge on any atom is -0.435 e. The van der Waals surface area contributed by atoms with E-state index in [0.717, 1.165) is 39.9 Å². The Kier molecular flexibility index (Phi) is 8.79. The fraction of sp³-hybridized carbons (Fsp3) is 0.280. The van der Waals surface area contributed by atoms with Gasteiger partial charge in [-0.15, -0.1) is 5.10 Å². The monoisotopic (exact) mass is 642 g/mol. The number of rotatable bonds is 10. The molecule has 2 aromatic carbocycles. The molecule has 1 aliphatic rings. The van der Waals surface area contributed by atoms with Crippen LogP contribution < -0.4 is 25.2 Å². The Balaban J connectivity index is 1.39. The predicted octanol–water partition coefficient (Wildman–Crippen LogP) is 2.55. The van der Waals surface area contributed by atoms with Gasteiger partial charge in [0.15, 0.2) is 0 Å². The Morgan fingerprint density at radius 1 is 0.977 bits per heavy atom. The maximum absolute atomic E-state index is 13.7. The Hall–Kier alpha value is -4.29. The number of piperazine rings is 1. The summed E-state index contributed by atoms with van der Waals surface area (Å²) in [7, 11) is -4.30. The Morgan fingerprint density at radius 2 is 1.60 bits per heavy atom. The number of sulfonamides is 1. The van der Waals surface area contributed by atoms with Gasteiger partial charge < -0.3 is 19.7 Å². The van der Waals surface area contributed by atoms with Crippen molar-refractivity contribution in [2.45, 2.75) is 30.7 Å². The molecule has 0 spiro atoms. The summed E-state index contributed by atoms with van der Waals surface area (Å²) in [6, 6.07) is 9.90. The molecule has 1 fully saturated rings. The highest BCUT2D eigenvalue weighted by atomic mass is 32.2. The molecular formula is C25H22F4N6O6S2. The van der Waals surface area contributed by atoms with Crippen LogP contribution >= 0.6 is 11.3 Å². The lowest BCUT2D eigenvalue weighted by molar-refractivity contribution is -0.125. The largest absolute Gasteiger partial charge is 0.435 e. The van der Waals surface area contributed by atoms with Gasteiger partial charge in [-0.2, -0.15) is 26.9 Å². The lowest BCUT2D eigenvalue weighted by atomic mass is 10.2. The SMILES string of the molecule is O=C(NCc1ccc(OC(F)F)cc1)[C@H]1CN(c2nn3ccc(=O)nc3s2)CCN1S(=O)(=O)c1ccc(OC(F)F)cc1. The first-order valence-corrected chi connectivity index (χ1v) is 14.7. The molecule has 228 valence electrons. The molecule has 0 aliphatic carbocycles. The fourth-order valence-corrected chi connectivity index (χ4v) is 6.80. The van der Waals surface area contributed by atoms with E-state index < -0.39 is 40.8 Å². The zero-order chi connectivity index (χ0) is 30.7. The van der Waals surface area contributed by atoms with Crippen LogP contribution in [0.15, 0.2) is 70.5 Å². The number of hydrogen-bond donors (Lipinski definition) is 1. The second-order valence-corrected chi connectivity index (χ2v) is 11.9. The molecule has 3 heterocycles. The standard InChI is InChI=1S/C25H22F4N6O6S2/c26-22(27)40-16-3-1-15(2-4-16)13-30-21(37)19-14-33(25-32-34-10-9-20(36)31-24(34)42-25)11-12-35(19)43(38,39)18-7-5-17(6-8-18)41-23(28)29/h1-10,19,22-23H,11-14H2,(H,30,37)/t19-/m1/s1. The molecule has 0 saturated carbocycles. The first-order valence-electron chi connectivity index (χ1n) is 12.5. The number of aromatic nitrogens is 3. The molecule has 0 unspecified atom stereocenters. The highest BCUT2D eigenvalue weighted by molar-refractivity contribution is 7.89. The summed E-state index contributed by atoms with van der Waals surface area (Å²) in [6.45, 7) is -6.27. The maximum Gasteiger partial charge on any atom is 0.387 e. The van der Waals surface area contributed by atoms with Gasteiger partial charge in [0.2, 0.25) is 26.0 Å². The smallest absolute Gasteiger partial charge is 0.387 e. The number of fused-ring (bicyclic) bond motifs is 1. The molecular weight excluding hydrogens is 620 g/mol. The Morgan fingerprint density at radius 3 is 2.23 bits per heavy atom. The number of carbonyl (C=O) groups excluding carboxylic acids is 1. The number of alkyl halides is 4. The van der Waals surface area contributed by atoms with Crippen LogP contribution in [0.2, 0.25) is 0 Å². The molecule has 18 heteroatoms. The third-order valence-electron chi connectivity index (χ3n) is 6.31. The zero-order valence-electron chi connectivity index (χ0n) is 21.8. The van der Waals surface area contributed by atoms with Crippen LogP contribution in [-0.2, 0) is 21.4 Å². The van der Waals surface area contributed by atoms with Crippen molar-refractivity contribution in [2.24, 2.45) is 0 Å². The first kappa shape index (κ1) is 30.2. The second-order valence-electron chi connectivity index (χ2n) is 9.05. The lowest BCUT2D eigenvalue weighted by Gasteiger charge is -2.39. The van der Waals surface area contributed by atoms with Crippen molar-refractivity contribution in [1.82, 2.24) is 24.2 Å². The van der Waals surface area contributed by atoms with Crippen molar-refractivity contribution >= 4 is 37.4 Å². The van der Waals surface area contributed by atoms with E-state index in [1.54, 1.807) is 4.90 Å². The summed E-state index contributed by atoms with van der Waals surface area (Å²) in [5.41, 5.74) is 0.0795. The van der Waals surface area contributed by atoms with Crippen LogP contribution in [0.4, 0.5) is 22.7 Å². The van der Waals surface area contributed by atoms with Crippen LogP contribution in [0, 0.1) is 0 Å². The van der Waals surface area contributed by atoms with Crippen LogP contribution in [0.25, 0.3) is 4.96 Å². The van der Waals surface area contributed by atoms with E-state index in [4.69, 9.17) is 0 Å². The van der Waals surface area contributed by atoms with Crippen molar-refractivity contribution in [3.05, 3.63) is 76.7 Å². The molecule has 1 atom stereocenters. The highest BCUT2D eigenvalue weighted by Crippen LogP contribution is 2.28. The quantitative estimate of drug-likeness (QED) is 0.259. The molecule has 1 aliphatic heterocycles. The predicted molar refractivity (Wildman–Crippen MR) is 145 cm³/mol. The Bertz CT molecular complexity index is 1750. The minimum absolute atomic E-state index is 0.0506. The topological polar surface area (TPSA) is 135 Å². The lowest BCUT2D eigenvalue weighted by Crippen LogP contribution is -2.60. The van der Waals surface area contributed by atoms with E-state index >= 15 is 0 Å². The molecule has 0 radical (unpaired) electrons. The third kappa shape index (κ3) is 7.03. The molecule has 5 rings (SSSR count). The summed E-state index contributed by atoms with van der Waals surface area (Å²) < 4.78 is 88.3. The third-order valence-corrected chi connectivity index (χ3v) is 9.22. The number of halogens is 4. The molecule has 2 aromatic heterocycles. The minimum atomic E-state index is -4.30. The average molecular weight is 643 g/mol. The van der Waals surface area contributed by atoms with Crippen LogP contribution in [0.5, 0.6) is 11.5 Å². The maximum atomic E-state index is 13.7. The van der Waals surface area contributed by atoms with Gasteiger partial charge in [0.25, 0.3) is 5.56 Å². The van der Waals surface area contributed by atoms with Crippen molar-refractivity contribution in [3.63, 3.8) is 0 Å². The number of nitrogens with zero attached hydrogens (tertiary/aromatic N) is 5. The van der Waals surface area contributed by atoms with Gasteiger partial charge in [0, 0.05) is 38.4 Å². The summed E-state index contributed by atoms with van der Waals surface area (Å²) in [5.74, 6) is -0.962. The first-order chi connectivity index (χ1) is 20.5. The van der Waals surface area contributed by atoms with Crippen LogP contribution in [-0.4, -0.2) is 72.1 Å². The van der Waals surface area contributed by atoms with Crippen molar-refractivity contribution in [3.8, 4) is 11.5 Å². The van der Waals surface area contributed by atoms with E-state index in [2.05, 4.69) is 24.9 Å². The van der Waals surface area contributed by atoms with Gasteiger partial charge in [-0.1, -0.05) is 23.5 Å². The van der Waals surface area contributed by atoms with Crippen molar-refractivity contribution in [1.29, 1.82) is 0 Å². The number of benzene rings is 2. The number of nitrogens with one attached hydrogen (secondary N) is 1. The number of hydrogen-bond acceptors (Lipinski definition) is 10. The summed E-state index contributed by atoms with van der Waals surface area (Å²) in [4.78, 5) is 30.8. The summed E-state index contributed by atoms with van der Waals surface area (Å²) in [5, 5.41) is 7.47. The van der Waals surface area contributed by atoms with Gasteiger partial charge in [-0.05, 0) is 42.0 Å². The number of anilines is 1. The Labute approximate surface area is 245 Å². The van der Waals surface area contributed by atoms with Crippen LogP contribution in [0.1, 0.15) is 5.56 Å². The molecule has 1 amide bonds. The highest BCUT2D eigenvalue weighted by Gasteiger charge is 2.41. The molecule has 12 nitrogen and oxygen atoms in total. The van der Waals surface area contributed by atoms with E-state index in [0.29, 0.717) is 15.7 Å². The van der Waals surface area contributed by atoms with Gasteiger partial charge in [0.05, 0.1) is 4.90 Å². The number of ether oxygens (including phenoxy) is 2. The second kappa shape index (κ2) is 12.5. The normalized spacial score (nSPS) is 16.1. The van der Waals surface area contributed by atoms with Crippen LogP contribution in [0.3, 0.4) is 0 Å². The molecule has 0 bridgehead atoms. The molecule has 1 N–H and O–H groups in total. The number of carbonyl (C=O) groups is 1. The van der Waals surface area contributed by atoms with E-state index in [-0.39, 0.29) is 42.6 Å². The molecule has 43 heavy (non-hydrogen) atoms. The summed E-state index contributed by atoms with van der Waals surface area (Å²) >= 11 is 1.09. The van der Waals surface area contributed by atoms with Gasteiger partial charge in [-0.25, -0.2) is 12.9 Å². The molecule has 4 aromatic rings. The van der Waals surface area contributed by atoms with E-state index in [1.807, 2.05) is 0 Å². The average Bonchev–Trinajstić information content (AvgIpc) is 3.39. The van der Waals surface area contributed by atoms with Gasteiger partial charge in [0.1, 0.15) is 17.5 Å². The zero-order valence-corrected chi connectivity index (χ0v) is 23.5. The van der Waals surface area contributed by atoms with Crippen molar-refractivity contribution in [2.75, 3.05) is 24.5 Å². The molecule has 1 saturated heterocycles. The van der Waals surface area contributed by atoms with E-state index in [9.17, 15) is 35.6 Å². The fourth-order valence-electron chi connectivity index (χ4n) is 4.31. The van der Waals surface area contributed by atoms with Gasteiger partial charge >= 0.3 is 13.2 Å². The summed E-state index contributed by atoms with van der Waals surface area (Å²) in [6.07, 6.45) is 1.44. The van der Waals surface area contributed by atoms with Crippen molar-refractivity contribution < 1.29 is 40.2 Å². The van der Waals surface area contributed by atoms with Gasteiger partial charge in [-0.3, -0.25) is 9.59 Å². The van der Waals surface area contributed by atoms with E-state index in [1.165, 1.54) is 41.0 Å².